The number of carbonyl (C=O) groups excluding carboxylic acids is 1. The molecule has 11 heavy (non-hydrogen) atoms. The van der Waals surface area contributed by atoms with E-state index in [1.807, 2.05) is 0 Å². The van der Waals surface area contributed by atoms with E-state index in [9.17, 15) is 4.79 Å². The number of carbonyl (C=O) groups is 1. The summed E-state index contributed by atoms with van der Waals surface area (Å²) in [7, 11) is 1.80. The van der Waals surface area contributed by atoms with E-state index in [1.165, 1.54) is 0 Å². The maximum absolute atomic E-state index is 10.9. The summed E-state index contributed by atoms with van der Waals surface area (Å²) in [6.45, 7) is 4.47. The van der Waals surface area contributed by atoms with Crippen LogP contribution in [-0.4, -0.2) is 26.0 Å². The van der Waals surface area contributed by atoms with Gasteiger partial charge in [-0.15, -0.1) is 0 Å². The van der Waals surface area contributed by atoms with Gasteiger partial charge in [-0.25, -0.2) is 0 Å². The molecule has 64 valence electrons. The lowest BCUT2D eigenvalue weighted by atomic mass is 10.4. The van der Waals surface area contributed by atoms with Crippen molar-refractivity contribution in [2.45, 2.75) is 6.42 Å². The minimum Gasteiger partial charge on any atom is -0.351 e. The van der Waals surface area contributed by atoms with Crippen LogP contribution < -0.4 is 10.6 Å². The van der Waals surface area contributed by atoms with Crippen molar-refractivity contribution in [1.29, 1.82) is 0 Å². The van der Waals surface area contributed by atoms with Crippen LogP contribution in [0.3, 0.4) is 0 Å². The number of amides is 1. The smallest absolute Gasteiger partial charge is 0.221 e. The van der Waals surface area contributed by atoms with Gasteiger partial charge < -0.3 is 10.6 Å². The molecule has 0 radical (unpaired) electrons. The molecule has 0 aliphatic rings. The van der Waals surface area contributed by atoms with E-state index in [0.717, 1.165) is 0 Å². The van der Waals surface area contributed by atoms with E-state index in [4.69, 9.17) is 11.6 Å². The summed E-state index contributed by atoms with van der Waals surface area (Å²) in [5, 5.41) is 5.92. The molecule has 4 heteroatoms. The van der Waals surface area contributed by atoms with Crippen LogP contribution in [0.2, 0.25) is 0 Å². The standard InChI is InChI=1S/C7H13ClN2O/c1-6(8)5-10-7(11)3-4-9-2/h9H,1,3-5H2,2H3,(H,10,11). The Hall–Kier alpha value is -0.540. The molecule has 0 spiro atoms. The molecular weight excluding hydrogens is 164 g/mol. The zero-order valence-corrected chi connectivity index (χ0v) is 7.37. The lowest BCUT2D eigenvalue weighted by Crippen LogP contribution is -2.27. The third-order valence-corrected chi connectivity index (χ3v) is 1.21. The highest BCUT2D eigenvalue weighted by atomic mass is 35.5. The Morgan fingerprint density at radius 1 is 1.64 bits per heavy atom. The first-order valence-electron chi connectivity index (χ1n) is 3.41. The summed E-state index contributed by atoms with van der Waals surface area (Å²) in [5.41, 5.74) is 0. The quantitative estimate of drug-likeness (QED) is 0.639. The van der Waals surface area contributed by atoms with Crippen molar-refractivity contribution in [2.75, 3.05) is 20.1 Å². The Morgan fingerprint density at radius 3 is 2.73 bits per heavy atom. The average Bonchev–Trinajstić information content (AvgIpc) is 1.97. The summed E-state index contributed by atoms with van der Waals surface area (Å²) in [6.07, 6.45) is 0.473. The van der Waals surface area contributed by atoms with E-state index >= 15 is 0 Å². The fourth-order valence-electron chi connectivity index (χ4n) is 0.521. The van der Waals surface area contributed by atoms with Crippen molar-refractivity contribution in [3.05, 3.63) is 11.6 Å². The second kappa shape index (κ2) is 6.19. The van der Waals surface area contributed by atoms with Crippen LogP contribution in [0.4, 0.5) is 0 Å². The minimum absolute atomic E-state index is 0.0128. The van der Waals surface area contributed by atoms with Gasteiger partial charge in [-0.05, 0) is 7.05 Å². The van der Waals surface area contributed by atoms with Crippen molar-refractivity contribution in [3.8, 4) is 0 Å². The van der Waals surface area contributed by atoms with Crippen LogP contribution in [0, 0.1) is 0 Å². The first-order valence-corrected chi connectivity index (χ1v) is 3.79. The average molecular weight is 177 g/mol. The molecule has 0 saturated carbocycles. The Labute approximate surface area is 71.8 Å². The summed E-state index contributed by atoms with van der Waals surface area (Å²) >= 11 is 5.43. The highest BCUT2D eigenvalue weighted by Gasteiger charge is 1.98. The van der Waals surface area contributed by atoms with Gasteiger partial charge in [0.05, 0.1) is 6.54 Å². The summed E-state index contributed by atoms with van der Waals surface area (Å²) in [6, 6.07) is 0. The predicted molar refractivity (Wildman–Crippen MR) is 46.5 cm³/mol. The van der Waals surface area contributed by atoms with Crippen LogP contribution in [0.1, 0.15) is 6.42 Å². The van der Waals surface area contributed by atoms with Crippen molar-refractivity contribution >= 4 is 17.5 Å². The molecule has 2 N–H and O–H groups in total. The molecule has 0 aliphatic heterocycles. The van der Waals surface area contributed by atoms with Gasteiger partial charge in [-0.2, -0.15) is 0 Å². The monoisotopic (exact) mass is 176 g/mol. The number of halogens is 1. The Morgan fingerprint density at radius 2 is 2.27 bits per heavy atom. The van der Waals surface area contributed by atoms with E-state index in [1.54, 1.807) is 7.05 Å². The van der Waals surface area contributed by atoms with E-state index in [0.29, 0.717) is 24.5 Å². The SMILES string of the molecule is C=C(Cl)CNC(=O)CCNC. The van der Waals surface area contributed by atoms with Crippen LogP contribution in [-0.2, 0) is 4.79 Å². The molecule has 0 fully saturated rings. The van der Waals surface area contributed by atoms with Crippen molar-refractivity contribution < 1.29 is 4.79 Å². The molecule has 0 aromatic heterocycles. The fourth-order valence-corrected chi connectivity index (χ4v) is 0.588. The first-order chi connectivity index (χ1) is 5.16. The molecule has 0 unspecified atom stereocenters. The van der Waals surface area contributed by atoms with Gasteiger partial charge in [0, 0.05) is 18.0 Å². The second-order valence-corrected chi connectivity index (χ2v) is 2.68. The third kappa shape index (κ3) is 7.36. The van der Waals surface area contributed by atoms with Crippen LogP contribution in [0.15, 0.2) is 11.6 Å². The van der Waals surface area contributed by atoms with E-state index < -0.39 is 0 Å². The lowest BCUT2D eigenvalue weighted by Gasteiger charge is -2.02. The Kier molecular flexibility index (Phi) is 5.88. The zero-order valence-electron chi connectivity index (χ0n) is 6.61. The van der Waals surface area contributed by atoms with Crippen molar-refractivity contribution in [3.63, 3.8) is 0 Å². The first kappa shape index (κ1) is 10.5. The molecule has 3 nitrogen and oxygen atoms in total. The van der Waals surface area contributed by atoms with Crippen LogP contribution in [0.25, 0.3) is 0 Å². The molecule has 0 aromatic carbocycles. The number of hydrogen-bond donors (Lipinski definition) is 2. The van der Waals surface area contributed by atoms with Gasteiger partial charge in [0.15, 0.2) is 0 Å². The summed E-state index contributed by atoms with van der Waals surface area (Å²) in [5.74, 6) is -0.0128. The minimum atomic E-state index is -0.0128. The normalized spacial score (nSPS) is 9.27. The van der Waals surface area contributed by atoms with E-state index in [2.05, 4.69) is 17.2 Å². The van der Waals surface area contributed by atoms with Gasteiger partial charge >= 0.3 is 0 Å². The van der Waals surface area contributed by atoms with Gasteiger partial charge in [0.2, 0.25) is 5.91 Å². The predicted octanol–water partition coefficient (Wildman–Crippen LogP) is 0.465. The largest absolute Gasteiger partial charge is 0.351 e. The van der Waals surface area contributed by atoms with Gasteiger partial charge in [-0.3, -0.25) is 4.79 Å². The third-order valence-electron chi connectivity index (χ3n) is 1.08. The Bertz CT molecular complexity index is 147. The molecule has 0 bridgehead atoms. The summed E-state index contributed by atoms with van der Waals surface area (Å²) < 4.78 is 0. The van der Waals surface area contributed by atoms with Crippen LogP contribution >= 0.6 is 11.6 Å². The van der Waals surface area contributed by atoms with E-state index in [-0.39, 0.29) is 5.91 Å². The van der Waals surface area contributed by atoms with Gasteiger partial charge in [0.25, 0.3) is 0 Å². The van der Waals surface area contributed by atoms with Crippen molar-refractivity contribution in [2.24, 2.45) is 0 Å². The maximum Gasteiger partial charge on any atom is 0.221 e. The molecule has 0 aliphatic carbocycles. The van der Waals surface area contributed by atoms with Crippen molar-refractivity contribution in [1.82, 2.24) is 10.6 Å². The number of hydrogen-bond acceptors (Lipinski definition) is 2. The fraction of sp³-hybridized carbons (Fsp3) is 0.571. The van der Waals surface area contributed by atoms with Gasteiger partial charge in [0.1, 0.15) is 0 Å². The zero-order chi connectivity index (χ0) is 8.69. The molecule has 0 heterocycles. The number of rotatable bonds is 5. The lowest BCUT2D eigenvalue weighted by molar-refractivity contribution is -0.120. The molecule has 0 aromatic rings. The maximum atomic E-state index is 10.9. The van der Waals surface area contributed by atoms with Crippen LogP contribution in [0.5, 0.6) is 0 Å². The Balaban J connectivity index is 3.30. The second-order valence-electron chi connectivity index (χ2n) is 2.15. The molecular formula is C7H13ClN2O. The molecule has 1 amide bonds. The topological polar surface area (TPSA) is 41.1 Å². The molecule has 0 atom stereocenters. The number of nitrogens with one attached hydrogen (secondary N) is 2. The molecule has 0 rings (SSSR count). The highest BCUT2D eigenvalue weighted by molar-refractivity contribution is 6.29. The molecule has 0 saturated heterocycles. The van der Waals surface area contributed by atoms with Gasteiger partial charge in [-0.1, -0.05) is 18.2 Å². The highest BCUT2D eigenvalue weighted by Crippen LogP contribution is 1.92. The summed E-state index contributed by atoms with van der Waals surface area (Å²) in [4.78, 5) is 10.9.